The highest BCUT2D eigenvalue weighted by atomic mass is 16.5. The molecule has 5 heteroatoms. The second-order valence-electron chi connectivity index (χ2n) is 3.65. The molecule has 5 nitrogen and oxygen atoms in total. The molecule has 2 heterocycles. The summed E-state index contributed by atoms with van der Waals surface area (Å²) in [5.41, 5.74) is 1.85. The zero-order valence-corrected chi connectivity index (χ0v) is 9.54. The average Bonchev–Trinajstić information content (AvgIpc) is 2.77. The molecule has 0 aliphatic carbocycles. The minimum absolute atomic E-state index is 0.208. The Hall–Kier alpha value is -2.17. The Morgan fingerprint density at radius 3 is 2.88 bits per heavy atom. The number of ether oxygens (including phenoxy) is 1. The van der Waals surface area contributed by atoms with Crippen LogP contribution in [0.15, 0.2) is 37.1 Å². The van der Waals surface area contributed by atoms with Crippen molar-refractivity contribution in [2.75, 3.05) is 7.11 Å². The van der Waals surface area contributed by atoms with Gasteiger partial charge in [-0.2, -0.15) is 0 Å². The van der Waals surface area contributed by atoms with Crippen LogP contribution in [0.2, 0.25) is 0 Å². The molecule has 2 rings (SSSR count). The summed E-state index contributed by atoms with van der Waals surface area (Å²) in [6, 6.07) is 3.89. The van der Waals surface area contributed by atoms with Crippen molar-refractivity contribution in [1.82, 2.24) is 14.5 Å². The molecule has 0 saturated carbocycles. The number of esters is 1. The van der Waals surface area contributed by atoms with Crippen LogP contribution in [-0.2, 0) is 22.5 Å². The van der Waals surface area contributed by atoms with Crippen molar-refractivity contribution in [3.05, 3.63) is 48.3 Å². The van der Waals surface area contributed by atoms with E-state index in [9.17, 15) is 4.79 Å². The standard InChI is InChI=1S/C12H13N3O2/c1-17-12(16)6-11-8-15(9-14-11)7-10-2-4-13-5-3-10/h2-5,8-9H,6-7H2,1H3. The molecule has 2 aromatic heterocycles. The number of hydrogen-bond donors (Lipinski definition) is 0. The number of nitrogens with zero attached hydrogens (tertiary/aromatic N) is 3. The molecule has 0 aromatic carbocycles. The van der Waals surface area contributed by atoms with Gasteiger partial charge in [-0.1, -0.05) is 0 Å². The summed E-state index contributed by atoms with van der Waals surface area (Å²) < 4.78 is 6.51. The van der Waals surface area contributed by atoms with Crippen molar-refractivity contribution in [2.45, 2.75) is 13.0 Å². The summed E-state index contributed by atoms with van der Waals surface area (Å²) in [6.07, 6.45) is 7.26. The lowest BCUT2D eigenvalue weighted by Crippen LogP contribution is -2.04. The lowest BCUT2D eigenvalue weighted by molar-refractivity contribution is -0.139. The van der Waals surface area contributed by atoms with E-state index in [0.29, 0.717) is 5.69 Å². The minimum atomic E-state index is -0.279. The fraction of sp³-hybridized carbons (Fsp3) is 0.250. The topological polar surface area (TPSA) is 57.0 Å². The lowest BCUT2D eigenvalue weighted by Gasteiger charge is -2.00. The van der Waals surface area contributed by atoms with E-state index in [2.05, 4.69) is 14.7 Å². The summed E-state index contributed by atoms with van der Waals surface area (Å²) >= 11 is 0. The number of rotatable bonds is 4. The van der Waals surface area contributed by atoms with Crippen LogP contribution < -0.4 is 0 Å². The van der Waals surface area contributed by atoms with Gasteiger partial charge in [0.25, 0.3) is 0 Å². The van der Waals surface area contributed by atoms with Gasteiger partial charge >= 0.3 is 5.97 Å². The first kappa shape index (κ1) is 11.3. The van der Waals surface area contributed by atoms with Crippen molar-refractivity contribution >= 4 is 5.97 Å². The first-order valence-electron chi connectivity index (χ1n) is 5.24. The number of carbonyl (C=O) groups is 1. The molecule has 17 heavy (non-hydrogen) atoms. The Kier molecular flexibility index (Phi) is 3.49. The van der Waals surface area contributed by atoms with Crippen LogP contribution in [0.1, 0.15) is 11.3 Å². The van der Waals surface area contributed by atoms with E-state index in [1.807, 2.05) is 22.9 Å². The predicted molar refractivity (Wildman–Crippen MR) is 61.3 cm³/mol. The van der Waals surface area contributed by atoms with Crippen LogP contribution in [-0.4, -0.2) is 27.6 Å². The van der Waals surface area contributed by atoms with E-state index >= 15 is 0 Å². The lowest BCUT2D eigenvalue weighted by atomic mass is 10.3. The maximum Gasteiger partial charge on any atom is 0.311 e. The maximum atomic E-state index is 11.1. The monoisotopic (exact) mass is 231 g/mol. The Bertz CT molecular complexity index is 493. The Balaban J connectivity index is 2.01. The van der Waals surface area contributed by atoms with E-state index in [1.54, 1.807) is 18.7 Å². The summed E-state index contributed by atoms with van der Waals surface area (Å²) in [7, 11) is 1.37. The molecular formula is C12H13N3O2. The van der Waals surface area contributed by atoms with E-state index in [1.165, 1.54) is 7.11 Å². The molecule has 0 fully saturated rings. The third-order valence-electron chi connectivity index (χ3n) is 2.35. The van der Waals surface area contributed by atoms with Crippen LogP contribution in [0.5, 0.6) is 0 Å². The smallest absolute Gasteiger partial charge is 0.311 e. The van der Waals surface area contributed by atoms with Gasteiger partial charge in [-0.05, 0) is 17.7 Å². The van der Waals surface area contributed by atoms with E-state index in [4.69, 9.17) is 0 Å². The van der Waals surface area contributed by atoms with Crippen LogP contribution >= 0.6 is 0 Å². The van der Waals surface area contributed by atoms with E-state index in [0.717, 1.165) is 12.1 Å². The van der Waals surface area contributed by atoms with E-state index in [-0.39, 0.29) is 12.4 Å². The van der Waals surface area contributed by atoms with Gasteiger partial charge in [0.1, 0.15) is 0 Å². The molecule has 0 spiro atoms. The van der Waals surface area contributed by atoms with Gasteiger partial charge in [-0.3, -0.25) is 9.78 Å². The molecule has 0 bridgehead atoms. The molecular weight excluding hydrogens is 218 g/mol. The molecule has 0 aliphatic heterocycles. The molecule has 0 radical (unpaired) electrons. The second kappa shape index (κ2) is 5.25. The highest BCUT2D eigenvalue weighted by molar-refractivity contribution is 5.71. The molecule has 0 unspecified atom stereocenters. The molecule has 0 atom stereocenters. The summed E-state index contributed by atoms with van der Waals surface area (Å²) in [5.74, 6) is -0.279. The van der Waals surface area contributed by atoms with Gasteiger partial charge in [0, 0.05) is 25.1 Å². The number of hydrogen-bond acceptors (Lipinski definition) is 4. The molecule has 0 N–H and O–H groups in total. The molecule has 0 amide bonds. The van der Waals surface area contributed by atoms with Gasteiger partial charge in [0.05, 0.1) is 25.6 Å². The van der Waals surface area contributed by atoms with Crippen LogP contribution in [0.4, 0.5) is 0 Å². The number of pyridine rings is 1. The number of methoxy groups -OCH3 is 1. The average molecular weight is 231 g/mol. The minimum Gasteiger partial charge on any atom is -0.469 e. The first-order valence-corrected chi connectivity index (χ1v) is 5.24. The quantitative estimate of drug-likeness (QED) is 0.738. The maximum absolute atomic E-state index is 11.1. The largest absolute Gasteiger partial charge is 0.469 e. The third kappa shape index (κ3) is 3.14. The number of carbonyl (C=O) groups excluding carboxylic acids is 1. The van der Waals surface area contributed by atoms with Crippen molar-refractivity contribution in [1.29, 1.82) is 0 Å². The van der Waals surface area contributed by atoms with Gasteiger partial charge in [0.2, 0.25) is 0 Å². The Labute approximate surface area is 99.1 Å². The van der Waals surface area contributed by atoms with Crippen molar-refractivity contribution in [3.63, 3.8) is 0 Å². The number of aromatic nitrogens is 3. The zero-order chi connectivity index (χ0) is 12.1. The third-order valence-corrected chi connectivity index (χ3v) is 2.35. The normalized spacial score (nSPS) is 10.2. The zero-order valence-electron chi connectivity index (χ0n) is 9.54. The van der Waals surface area contributed by atoms with Crippen LogP contribution in [0.3, 0.4) is 0 Å². The molecule has 0 saturated heterocycles. The predicted octanol–water partition coefficient (Wildman–Crippen LogP) is 1.04. The van der Waals surface area contributed by atoms with Gasteiger partial charge in [-0.25, -0.2) is 4.98 Å². The highest BCUT2D eigenvalue weighted by Crippen LogP contribution is 2.03. The first-order chi connectivity index (χ1) is 8.28. The number of imidazole rings is 1. The van der Waals surface area contributed by atoms with Crippen LogP contribution in [0.25, 0.3) is 0 Å². The Morgan fingerprint density at radius 1 is 1.41 bits per heavy atom. The summed E-state index contributed by atoms with van der Waals surface area (Å²) in [4.78, 5) is 19.2. The summed E-state index contributed by atoms with van der Waals surface area (Å²) in [6.45, 7) is 0.719. The summed E-state index contributed by atoms with van der Waals surface area (Å²) in [5, 5.41) is 0. The molecule has 2 aromatic rings. The van der Waals surface area contributed by atoms with Gasteiger partial charge in [0.15, 0.2) is 0 Å². The van der Waals surface area contributed by atoms with Gasteiger partial charge < -0.3 is 9.30 Å². The van der Waals surface area contributed by atoms with Crippen molar-refractivity contribution < 1.29 is 9.53 Å². The van der Waals surface area contributed by atoms with E-state index < -0.39 is 0 Å². The van der Waals surface area contributed by atoms with Crippen LogP contribution in [0, 0.1) is 0 Å². The van der Waals surface area contributed by atoms with Crippen molar-refractivity contribution in [3.8, 4) is 0 Å². The molecule has 0 aliphatic rings. The second-order valence-corrected chi connectivity index (χ2v) is 3.65. The SMILES string of the molecule is COC(=O)Cc1cn(Cc2ccncc2)cn1. The fourth-order valence-electron chi connectivity index (χ4n) is 1.50. The Morgan fingerprint density at radius 2 is 2.18 bits per heavy atom. The highest BCUT2D eigenvalue weighted by Gasteiger charge is 2.05. The van der Waals surface area contributed by atoms with Gasteiger partial charge in [-0.15, -0.1) is 0 Å². The molecule has 88 valence electrons. The fourth-order valence-corrected chi connectivity index (χ4v) is 1.50. The van der Waals surface area contributed by atoms with Crippen molar-refractivity contribution in [2.24, 2.45) is 0 Å².